The Labute approximate surface area is 116 Å². The van der Waals surface area contributed by atoms with Gasteiger partial charge in [-0.05, 0) is 30.5 Å². The van der Waals surface area contributed by atoms with Gasteiger partial charge in [-0.3, -0.25) is 4.79 Å². The van der Waals surface area contributed by atoms with Gasteiger partial charge in [-0.2, -0.15) is 0 Å². The van der Waals surface area contributed by atoms with Gasteiger partial charge < -0.3 is 4.90 Å². The number of hydrogen-bond donors (Lipinski definition) is 0. The number of rotatable bonds is 6. The Balaban J connectivity index is 2.77. The largest absolute Gasteiger partial charge is 0.336 e. The van der Waals surface area contributed by atoms with Crippen molar-refractivity contribution in [2.75, 3.05) is 31.1 Å². The molecular weight excluding hydrogens is 277 g/mol. The van der Waals surface area contributed by atoms with Gasteiger partial charge in [0.15, 0.2) is 0 Å². The lowest BCUT2D eigenvalue weighted by Gasteiger charge is -2.20. The first-order valence-corrected chi connectivity index (χ1v) is 7.57. The van der Waals surface area contributed by atoms with Crippen molar-refractivity contribution in [3.8, 4) is 0 Å². The summed E-state index contributed by atoms with van der Waals surface area (Å²) < 4.78 is 0. The molecule has 1 amide bonds. The number of alkyl halides is 2. The maximum atomic E-state index is 12.1. The Kier molecular flexibility index (Phi) is 6.78. The van der Waals surface area contributed by atoms with Crippen molar-refractivity contribution in [3.63, 3.8) is 0 Å². The molecule has 0 aromatic heterocycles. The van der Waals surface area contributed by atoms with Crippen molar-refractivity contribution in [2.24, 2.45) is 0 Å². The molecule has 1 rings (SSSR count). The quantitative estimate of drug-likeness (QED) is 0.592. The summed E-state index contributed by atoms with van der Waals surface area (Å²) in [5, 5.41) is 0. The van der Waals surface area contributed by atoms with Crippen LogP contribution >= 0.6 is 35.0 Å². The number of carbonyl (C=O) groups excluding carboxylic acids is 1. The maximum absolute atomic E-state index is 12.1. The second kappa shape index (κ2) is 7.85. The van der Waals surface area contributed by atoms with Gasteiger partial charge in [-0.1, -0.05) is 0 Å². The summed E-state index contributed by atoms with van der Waals surface area (Å²) in [6, 6.07) is 7.56. The van der Waals surface area contributed by atoms with Crippen LogP contribution in [0.1, 0.15) is 10.4 Å². The molecule has 0 saturated carbocycles. The van der Waals surface area contributed by atoms with Crippen LogP contribution in [-0.4, -0.2) is 41.9 Å². The van der Waals surface area contributed by atoms with Crippen LogP contribution in [0.15, 0.2) is 29.2 Å². The van der Waals surface area contributed by atoms with E-state index in [0.717, 1.165) is 4.90 Å². The van der Waals surface area contributed by atoms with E-state index in [1.807, 2.05) is 30.5 Å². The van der Waals surface area contributed by atoms with E-state index >= 15 is 0 Å². The van der Waals surface area contributed by atoms with Crippen LogP contribution in [0.4, 0.5) is 0 Å². The molecule has 0 aliphatic rings. The van der Waals surface area contributed by atoms with Crippen molar-refractivity contribution in [2.45, 2.75) is 4.90 Å². The first kappa shape index (κ1) is 14.7. The van der Waals surface area contributed by atoms with E-state index in [0.29, 0.717) is 30.4 Å². The van der Waals surface area contributed by atoms with Crippen LogP contribution in [0.2, 0.25) is 0 Å². The van der Waals surface area contributed by atoms with Gasteiger partial charge >= 0.3 is 0 Å². The van der Waals surface area contributed by atoms with E-state index in [1.54, 1.807) is 16.7 Å². The molecule has 0 spiro atoms. The summed E-state index contributed by atoms with van der Waals surface area (Å²) in [5.41, 5.74) is 0.679. The van der Waals surface area contributed by atoms with Gasteiger partial charge in [-0.25, -0.2) is 0 Å². The molecule has 0 aliphatic heterocycles. The van der Waals surface area contributed by atoms with Gasteiger partial charge in [0.25, 0.3) is 5.91 Å². The van der Waals surface area contributed by atoms with Crippen molar-refractivity contribution in [1.29, 1.82) is 0 Å². The van der Waals surface area contributed by atoms with Crippen LogP contribution < -0.4 is 0 Å². The van der Waals surface area contributed by atoms with Gasteiger partial charge in [0, 0.05) is 35.3 Å². The van der Waals surface area contributed by atoms with Crippen molar-refractivity contribution in [3.05, 3.63) is 29.8 Å². The topological polar surface area (TPSA) is 20.3 Å². The minimum Gasteiger partial charge on any atom is -0.336 e. The molecule has 5 heteroatoms. The third-order valence-corrected chi connectivity index (χ3v) is 3.41. The molecule has 0 atom stereocenters. The molecule has 0 saturated heterocycles. The Morgan fingerprint density at radius 3 is 2.12 bits per heavy atom. The minimum atomic E-state index is -0.0149. The highest BCUT2D eigenvalue weighted by molar-refractivity contribution is 7.98. The zero-order valence-corrected chi connectivity index (χ0v) is 12.0. The SMILES string of the molecule is CSc1ccc(C(=O)N(CCCl)CCCl)cc1. The van der Waals surface area contributed by atoms with Crippen molar-refractivity contribution in [1.82, 2.24) is 4.90 Å². The summed E-state index contributed by atoms with van der Waals surface area (Å²) in [7, 11) is 0. The fourth-order valence-electron chi connectivity index (χ4n) is 1.44. The molecule has 0 heterocycles. The lowest BCUT2D eigenvalue weighted by molar-refractivity contribution is 0.0775. The highest BCUT2D eigenvalue weighted by atomic mass is 35.5. The van der Waals surface area contributed by atoms with E-state index < -0.39 is 0 Å². The summed E-state index contributed by atoms with van der Waals surface area (Å²) in [6.45, 7) is 1.05. The summed E-state index contributed by atoms with van der Waals surface area (Å²) in [5.74, 6) is 0.829. The Hall–Kier alpha value is -0.380. The monoisotopic (exact) mass is 291 g/mol. The van der Waals surface area contributed by atoms with E-state index in [9.17, 15) is 4.79 Å². The van der Waals surface area contributed by atoms with Crippen LogP contribution in [0, 0.1) is 0 Å². The van der Waals surface area contributed by atoms with E-state index in [1.165, 1.54) is 0 Å². The number of carbonyl (C=O) groups is 1. The second-order valence-corrected chi connectivity index (χ2v) is 5.03. The first-order valence-electron chi connectivity index (χ1n) is 5.28. The summed E-state index contributed by atoms with van der Waals surface area (Å²) in [6.07, 6.45) is 2.00. The number of hydrogen-bond acceptors (Lipinski definition) is 2. The number of nitrogens with zero attached hydrogens (tertiary/aromatic N) is 1. The lowest BCUT2D eigenvalue weighted by atomic mass is 10.2. The molecular formula is C12H15Cl2NOS. The fourth-order valence-corrected chi connectivity index (χ4v) is 2.25. The number of halogens is 2. The maximum Gasteiger partial charge on any atom is 0.253 e. The Morgan fingerprint density at radius 1 is 1.18 bits per heavy atom. The Morgan fingerprint density at radius 2 is 1.71 bits per heavy atom. The summed E-state index contributed by atoms with van der Waals surface area (Å²) >= 11 is 13.0. The minimum absolute atomic E-state index is 0.0149. The van der Waals surface area contributed by atoms with Gasteiger partial charge in [0.2, 0.25) is 0 Å². The standard InChI is InChI=1S/C12H15Cl2NOS/c1-17-11-4-2-10(3-5-11)12(16)15(8-6-13)9-7-14/h2-5H,6-9H2,1H3. The van der Waals surface area contributed by atoms with Crippen LogP contribution in [0.25, 0.3) is 0 Å². The predicted octanol–water partition coefficient (Wildman–Crippen LogP) is 3.33. The number of thioether (sulfide) groups is 1. The molecule has 0 aliphatic carbocycles. The number of amides is 1. The van der Waals surface area contributed by atoms with Gasteiger partial charge in [0.05, 0.1) is 0 Å². The highest BCUT2D eigenvalue weighted by Gasteiger charge is 2.14. The highest BCUT2D eigenvalue weighted by Crippen LogP contribution is 2.16. The second-order valence-electron chi connectivity index (χ2n) is 3.40. The van der Waals surface area contributed by atoms with Crippen LogP contribution in [-0.2, 0) is 0 Å². The molecule has 17 heavy (non-hydrogen) atoms. The molecule has 0 fully saturated rings. The third kappa shape index (κ3) is 4.41. The Bertz CT molecular complexity index is 350. The molecule has 0 N–H and O–H groups in total. The molecule has 1 aromatic carbocycles. The average Bonchev–Trinajstić information content (AvgIpc) is 2.38. The molecule has 1 aromatic rings. The third-order valence-electron chi connectivity index (χ3n) is 2.33. The molecule has 2 nitrogen and oxygen atoms in total. The first-order chi connectivity index (χ1) is 8.22. The normalized spacial score (nSPS) is 10.3. The zero-order valence-electron chi connectivity index (χ0n) is 9.66. The zero-order chi connectivity index (χ0) is 12.7. The van der Waals surface area contributed by atoms with E-state index in [4.69, 9.17) is 23.2 Å². The summed E-state index contributed by atoms with van der Waals surface area (Å²) in [4.78, 5) is 14.9. The predicted molar refractivity (Wildman–Crippen MR) is 75.6 cm³/mol. The van der Waals surface area contributed by atoms with Gasteiger partial charge in [0.1, 0.15) is 0 Å². The molecule has 0 unspecified atom stereocenters. The van der Waals surface area contributed by atoms with E-state index in [-0.39, 0.29) is 5.91 Å². The van der Waals surface area contributed by atoms with E-state index in [2.05, 4.69) is 0 Å². The lowest BCUT2D eigenvalue weighted by Crippen LogP contribution is -2.34. The van der Waals surface area contributed by atoms with Gasteiger partial charge in [-0.15, -0.1) is 35.0 Å². The molecule has 0 radical (unpaired) electrons. The average molecular weight is 292 g/mol. The fraction of sp³-hybridized carbons (Fsp3) is 0.417. The number of benzene rings is 1. The molecule has 94 valence electrons. The van der Waals surface area contributed by atoms with Crippen LogP contribution in [0.5, 0.6) is 0 Å². The van der Waals surface area contributed by atoms with Crippen molar-refractivity contribution < 1.29 is 4.79 Å². The molecule has 0 bridgehead atoms. The van der Waals surface area contributed by atoms with Crippen LogP contribution in [0.3, 0.4) is 0 Å². The smallest absolute Gasteiger partial charge is 0.253 e. The van der Waals surface area contributed by atoms with Crippen molar-refractivity contribution >= 4 is 40.9 Å².